The van der Waals surface area contributed by atoms with Crippen molar-refractivity contribution in [2.75, 3.05) is 24.8 Å². The molecule has 3 heterocycles. The molecule has 2 aliphatic heterocycles. The molecule has 1 amide bonds. The van der Waals surface area contributed by atoms with E-state index in [0.29, 0.717) is 19.8 Å². The van der Waals surface area contributed by atoms with Crippen LogP contribution in [0.15, 0.2) is 65.6 Å². The molecular formula is C25H21N3O4. The number of aromatic nitrogens is 1. The van der Waals surface area contributed by atoms with E-state index in [1.54, 1.807) is 15.8 Å². The highest BCUT2D eigenvalue weighted by molar-refractivity contribution is 5.96. The van der Waals surface area contributed by atoms with Gasteiger partial charge in [-0.15, -0.1) is 0 Å². The smallest absolute Gasteiger partial charge is 0.278 e. The van der Waals surface area contributed by atoms with Crippen LogP contribution in [0.1, 0.15) is 38.8 Å². The molecule has 1 aliphatic carbocycles. The Hall–Kier alpha value is -3.84. The predicted octanol–water partition coefficient (Wildman–Crippen LogP) is 2.58. The molecule has 1 N–H and O–H groups in total. The quantitative estimate of drug-likeness (QED) is 0.646. The molecule has 0 spiro atoms. The Morgan fingerprint density at radius 3 is 2.25 bits per heavy atom. The first-order chi connectivity index (χ1) is 15.6. The molecule has 2 aromatic carbocycles. The van der Waals surface area contributed by atoms with Crippen molar-refractivity contribution in [3.63, 3.8) is 0 Å². The van der Waals surface area contributed by atoms with Crippen molar-refractivity contribution in [1.82, 2.24) is 9.58 Å². The van der Waals surface area contributed by atoms with Gasteiger partial charge < -0.3 is 14.7 Å². The fourth-order valence-electron chi connectivity index (χ4n) is 4.99. The third kappa shape index (κ3) is 2.64. The zero-order chi connectivity index (χ0) is 21.8. The molecule has 0 bridgehead atoms. The van der Waals surface area contributed by atoms with E-state index in [-0.39, 0.29) is 17.6 Å². The molecule has 0 radical (unpaired) electrons. The minimum absolute atomic E-state index is 0.0113. The van der Waals surface area contributed by atoms with Crippen molar-refractivity contribution in [2.45, 2.75) is 12.2 Å². The lowest BCUT2D eigenvalue weighted by atomic mass is 9.92. The highest BCUT2D eigenvalue weighted by Gasteiger charge is 2.45. The molecule has 3 aliphatic rings. The maximum absolute atomic E-state index is 13.3. The van der Waals surface area contributed by atoms with Crippen LogP contribution in [-0.4, -0.2) is 46.5 Å². The number of carbonyl (C=O) groups is 1. The second kappa shape index (κ2) is 7.10. The first-order valence-corrected chi connectivity index (χ1v) is 10.6. The number of hydrogen-bond acceptors (Lipinski definition) is 5. The molecule has 1 aromatic heterocycles. The fraction of sp³-hybridized carbons (Fsp3) is 0.200. The Morgan fingerprint density at radius 1 is 0.906 bits per heavy atom. The van der Waals surface area contributed by atoms with Crippen molar-refractivity contribution < 1.29 is 14.6 Å². The van der Waals surface area contributed by atoms with Crippen molar-refractivity contribution in [2.24, 2.45) is 0 Å². The molecule has 1 atom stereocenters. The number of amides is 1. The Balaban J connectivity index is 1.66. The lowest BCUT2D eigenvalue weighted by Gasteiger charge is -2.51. The van der Waals surface area contributed by atoms with Crippen molar-refractivity contribution >= 4 is 18.1 Å². The summed E-state index contributed by atoms with van der Waals surface area (Å²) in [6.45, 7) is 1.12. The van der Waals surface area contributed by atoms with Gasteiger partial charge in [-0.3, -0.25) is 19.3 Å². The number of fused-ring (bicyclic) bond motifs is 4. The van der Waals surface area contributed by atoms with Crippen LogP contribution >= 0.6 is 0 Å². The lowest BCUT2D eigenvalue weighted by molar-refractivity contribution is -0.0197. The molecule has 160 valence electrons. The van der Waals surface area contributed by atoms with Gasteiger partial charge >= 0.3 is 0 Å². The zero-order valence-corrected chi connectivity index (χ0v) is 17.2. The Labute approximate surface area is 184 Å². The Bertz CT molecular complexity index is 1280. The van der Waals surface area contributed by atoms with Crippen LogP contribution in [-0.2, 0) is 4.74 Å². The highest BCUT2D eigenvalue weighted by Crippen LogP contribution is 2.40. The molecule has 1 fully saturated rings. The average molecular weight is 427 g/mol. The van der Waals surface area contributed by atoms with Gasteiger partial charge in [0.2, 0.25) is 5.43 Å². The maximum Gasteiger partial charge on any atom is 0.278 e. The SMILES string of the molecule is O=C1c2c(O)c(=O)ccn2N(C2c3ccccc3C=Cc3ccccc32)[C@@H]2COCCN12. The predicted molar refractivity (Wildman–Crippen MR) is 120 cm³/mol. The molecule has 32 heavy (non-hydrogen) atoms. The van der Waals surface area contributed by atoms with Crippen LogP contribution in [0.25, 0.3) is 12.2 Å². The number of carbonyl (C=O) groups excluding carboxylic acids is 1. The lowest BCUT2D eigenvalue weighted by Crippen LogP contribution is -2.66. The molecular weight excluding hydrogens is 406 g/mol. The van der Waals surface area contributed by atoms with Gasteiger partial charge in [0.05, 0.1) is 19.3 Å². The highest BCUT2D eigenvalue weighted by atomic mass is 16.5. The van der Waals surface area contributed by atoms with Gasteiger partial charge in [-0.2, -0.15) is 0 Å². The number of benzene rings is 2. The number of nitrogens with zero attached hydrogens (tertiary/aromatic N) is 3. The number of ether oxygens (including phenoxy) is 1. The number of pyridine rings is 1. The number of rotatable bonds is 1. The maximum atomic E-state index is 13.3. The second-order valence-corrected chi connectivity index (χ2v) is 8.15. The first kappa shape index (κ1) is 18.9. The summed E-state index contributed by atoms with van der Waals surface area (Å²) in [6.07, 6.45) is 5.38. The van der Waals surface area contributed by atoms with E-state index in [0.717, 1.165) is 22.3 Å². The minimum atomic E-state index is -0.570. The molecule has 7 heteroatoms. The molecule has 7 nitrogen and oxygen atoms in total. The van der Waals surface area contributed by atoms with Crippen LogP contribution in [0.4, 0.5) is 0 Å². The summed E-state index contributed by atoms with van der Waals surface area (Å²) in [4.78, 5) is 27.3. The van der Waals surface area contributed by atoms with Gasteiger partial charge in [0.1, 0.15) is 6.17 Å². The van der Waals surface area contributed by atoms with E-state index in [1.807, 2.05) is 24.3 Å². The van der Waals surface area contributed by atoms with E-state index in [9.17, 15) is 14.7 Å². The van der Waals surface area contributed by atoms with Crippen LogP contribution < -0.4 is 10.4 Å². The monoisotopic (exact) mass is 427 g/mol. The van der Waals surface area contributed by atoms with Gasteiger partial charge in [0.25, 0.3) is 5.91 Å². The van der Waals surface area contributed by atoms with Gasteiger partial charge in [-0.25, -0.2) is 0 Å². The normalized spacial score (nSPS) is 19.6. The average Bonchev–Trinajstić information content (AvgIpc) is 2.99. The van der Waals surface area contributed by atoms with Crippen molar-refractivity contribution in [3.05, 3.63) is 99.0 Å². The van der Waals surface area contributed by atoms with E-state index in [4.69, 9.17) is 4.74 Å². The third-order valence-electron chi connectivity index (χ3n) is 6.46. The van der Waals surface area contributed by atoms with E-state index < -0.39 is 17.3 Å². The van der Waals surface area contributed by atoms with Crippen LogP contribution in [0.2, 0.25) is 0 Å². The molecule has 3 aromatic rings. The number of morpholine rings is 1. The zero-order valence-electron chi connectivity index (χ0n) is 17.2. The van der Waals surface area contributed by atoms with Gasteiger partial charge in [-0.1, -0.05) is 60.7 Å². The third-order valence-corrected chi connectivity index (χ3v) is 6.46. The largest absolute Gasteiger partial charge is 0.502 e. The van der Waals surface area contributed by atoms with Gasteiger partial charge in [0, 0.05) is 18.8 Å². The summed E-state index contributed by atoms with van der Waals surface area (Å²) in [5, 5.41) is 12.7. The summed E-state index contributed by atoms with van der Waals surface area (Å²) >= 11 is 0. The molecule has 6 rings (SSSR count). The van der Waals surface area contributed by atoms with Crippen LogP contribution in [0.3, 0.4) is 0 Å². The topological polar surface area (TPSA) is 75.0 Å². The standard InChI is InChI=1S/C25H21N3O4/c29-20-11-12-27-23(24(20)30)25(31)26-13-14-32-15-21(26)28(27)22-18-7-3-1-5-16(18)9-10-17-6-2-4-8-19(17)22/h1-12,21-22,30H,13-15H2/t21-/m1/s1. The summed E-state index contributed by atoms with van der Waals surface area (Å²) in [5.41, 5.74) is 3.69. The fourth-order valence-corrected chi connectivity index (χ4v) is 4.99. The minimum Gasteiger partial charge on any atom is -0.502 e. The van der Waals surface area contributed by atoms with Crippen LogP contribution in [0, 0.1) is 0 Å². The Kier molecular flexibility index (Phi) is 4.19. The molecule has 0 unspecified atom stereocenters. The van der Waals surface area contributed by atoms with Gasteiger partial charge in [-0.05, 0) is 22.3 Å². The van der Waals surface area contributed by atoms with E-state index in [1.165, 1.54) is 6.07 Å². The van der Waals surface area contributed by atoms with E-state index >= 15 is 0 Å². The van der Waals surface area contributed by atoms with Crippen LogP contribution in [0.5, 0.6) is 5.75 Å². The van der Waals surface area contributed by atoms with Crippen molar-refractivity contribution in [1.29, 1.82) is 0 Å². The summed E-state index contributed by atoms with van der Waals surface area (Å²) < 4.78 is 7.43. The first-order valence-electron chi connectivity index (χ1n) is 10.6. The summed E-state index contributed by atoms with van der Waals surface area (Å²) in [6, 6.07) is 17.3. The number of hydrogen-bond donors (Lipinski definition) is 1. The molecule has 0 saturated carbocycles. The van der Waals surface area contributed by atoms with E-state index in [2.05, 4.69) is 41.4 Å². The summed E-state index contributed by atoms with van der Waals surface area (Å²) in [7, 11) is 0. The number of aromatic hydroxyl groups is 1. The Morgan fingerprint density at radius 2 is 1.56 bits per heavy atom. The van der Waals surface area contributed by atoms with Gasteiger partial charge in [0.15, 0.2) is 11.4 Å². The summed E-state index contributed by atoms with van der Waals surface area (Å²) in [5.74, 6) is -0.890. The van der Waals surface area contributed by atoms with Crippen molar-refractivity contribution in [3.8, 4) is 5.75 Å². The second-order valence-electron chi connectivity index (χ2n) is 8.15. The molecule has 1 saturated heterocycles.